The number of rotatable bonds is 2. The van der Waals surface area contributed by atoms with Crippen LogP contribution < -0.4 is 11.3 Å². The topological polar surface area (TPSA) is 71.8 Å². The zero-order valence-electron chi connectivity index (χ0n) is 8.92. The quantitative estimate of drug-likeness (QED) is 0.733. The molecule has 0 fully saturated rings. The minimum Gasteiger partial charge on any atom is -0.325 e. The molecular formula is C10H17N3O. The number of nitrogens with one attached hydrogen (secondary N) is 1. The fraction of sp³-hybridized carbons (Fsp3) is 0.600. The van der Waals surface area contributed by atoms with Crippen LogP contribution in [-0.2, 0) is 13.0 Å². The van der Waals surface area contributed by atoms with E-state index in [4.69, 9.17) is 5.73 Å². The fourth-order valence-corrected chi connectivity index (χ4v) is 1.25. The summed E-state index contributed by atoms with van der Waals surface area (Å²) in [7, 11) is 0. The molecule has 0 radical (unpaired) electrons. The van der Waals surface area contributed by atoms with Crippen LogP contribution in [0, 0.1) is 5.41 Å². The Morgan fingerprint density at radius 2 is 2.14 bits per heavy atom. The van der Waals surface area contributed by atoms with Crippen LogP contribution in [0.3, 0.4) is 0 Å². The molecule has 1 heterocycles. The van der Waals surface area contributed by atoms with Gasteiger partial charge in [-0.15, -0.1) is 0 Å². The molecule has 0 saturated heterocycles. The number of hydrogen-bond donors (Lipinski definition) is 2. The third-order valence-corrected chi connectivity index (χ3v) is 1.75. The Bertz CT molecular complexity index is 362. The lowest BCUT2D eigenvalue weighted by Crippen LogP contribution is -2.19. The van der Waals surface area contributed by atoms with Crippen molar-refractivity contribution in [3.8, 4) is 0 Å². The highest BCUT2D eigenvalue weighted by Crippen LogP contribution is 2.17. The Balaban J connectivity index is 2.98. The van der Waals surface area contributed by atoms with Crippen molar-refractivity contribution in [2.45, 2.75) is 33.7 Å². The average molecular weight is 195 g/mol. The van der Waals surface area contributed by atoms with Gasteiger partial charge in [0.2, 0.25) is 0 Å². The largest absolute Gasteiger partial charge is 0.325 e. The molecular weight excluding hydrogens is 178 g/mol. The first kappa shape index (κ1) is 10.9. The van der Waals surface area contributed by atoms with Crippen LogP contribution in [0.1, 0.15) is 32.3 Å². The molecule has 0 aromatic carbocycles. The summed E-state index contributed by atoms with van der Waals surface area (Å²) in [6.45, 7) is 6.60. The van der Waals surface area contributed by atoms with E-state index in [-0.39, 0.29) is 11.0 Å². The van der Waals surface area contributed by atoms with Crippen molar-refractivity contribution < 1.29 is 0 Å². The van der Waals surface area contributed by atoms with E-state index >= 15 is 0 Å². The second-order valence-corrected chi connectivity index (χ2v) is 4.62. The molecule has 4 nitrogen and oxygen atoms in total. The summed E-state index contributed by atoms with van der Waals surface area (Å²) in [5, 5.41) is 0. The number of aromatic nitrogens is 2. The van der Waals surface area contributed by atoms with Gasteiger partial charge in [0, 0.05) is 19.0 Å². The highest BCUT2D eigenvalue weighted by Gasteiger charge is 2.13. The number of H-pyrrole nitrogens is 1. The summed E-state index contributed by atoms with van der Waals surface area (Å²) in [6, 6.07) is 1.44. The number of nitrogens with zero attached hydrogens (tertiary/aromatic N) is 1. The van der Waals surface area contributed by atoms with E-state index in [1.807, 2.05) is 0 Å². The van der Waals surface area contributed by atoms with Crippen LogP contribution in [0.25, 0.3) is 0 Å². The Kier molecular flexibility index (Phi) is 3.06. The van der Waals surface area contributed by atoms with E-state index in [0.717, 1.165) is 6.42 Å². The molecule has 14 heavy (non-hydrogen) atoms. The lowest BCUT2D eigenvalue weighted by Gasteiger charge is -2.17. The fourth-order valence-electron chi connectivity index (χ4n) is 1.25. The highest BCUT2D eigenvalue weighted by atomic mass is 16.1. The van der Waals surface area contributed by atoms with E-state index in [2.05, 4.69) is 30.7 Å². The molecule has 0 amide bonds. The molecule has 78 valence electrons. The van der Waals surface area contributed by atoms with Crippen molar-refractivity contribution in [2.75, 3.05) is 0 Å². The van der Waals surface area contributed by atoms with Gasteiger partial charge in [0.05, 0.1) is 5.69 Å². The van der Waals surface area contributed by atoms with Crippen LogP contribution in [0.4, 0.5) is 0 Å². The molecule has 1 rings (SSSR count). The molecule has 0 spiro atoms. The molecule has 1 aromatic heterocycles. The van der Waals surface area contributed by atoms with Crippen LogP contribution in [0.2, 0.25) is 0 Å². The molecule has 3 N–H and O–H groups in total. The maximum Gasteiger partial charge on any atom is 0.251 e. The zero-order valence-corrected chi connectivity index (χ0v) is 8.92. The summed E-state index contributed by atoms with van der Waals surface area (Å²) in [6.07, 6.45) is 0.746. The average Bonchev–Trinajstić information content (AvgIpc) is 1.99. The van der Waals surface area contributed by atoms with Crippen molar-refractivity contribution in [1.82, 2.24) is 9.97 Å². The van der Waals surface area contributed by atoms with Gasteiger partial charge in [0.25, 0.3) is 5.56 Å². The molecule has 0 atom stereocenters. The summed E-state index contributed by atoms with van der Waals surface area (Å²) in [5.74, 6) is 0.713. The van der Waals surface area contributed by atoms with Gasteiger partial charge in [-0.25, -0.2) is 4.98 Å². The standard InChI is InChI=1S/C10H17N3O/c1-10(2,3)5-8-12-7(6-11)4-9(14)13-8/h4H,5-6,11H2,1-3H3,(H,12,13,14). The lowest BCUT2D eigenvalue weighted by atomic mass is 9.92. The zero-order chi connectivity index (χ0) is 10.8. The summed E-state index contributed by atoms with van der Waals surface area (Å²) in [4.78, 5) is 18.2. The van der Waals surface area contributed by atoms with Gasteiger partial charge in [-0.1, -0.05) is 20.8 Å². The molecule has 0 aliphatic heterocycles. The van der Waals surface area contributed by atoms with E-state index in [9.17, 15) is 4.79 Å². The second-order valence-electron chi connectivity index (χ2n) is 4.62. The van der Waals surface area contributed by atoms with Crippen molar-refractivity contribution in [3.05, 3.63) is 27.9 Å². The van der Waals surface area contributed by atoms with Crippen LogP contribution in [-0.4, -0.2) is 9.97 Å². The van der Waals surface area contributed by atoms with E-state index in [1.54, 1.807) is 0 Å². The molecule has 0 aliphatic rings. The van der Waals surface area contributed by atoms with Gasteiger partial charge in [0.1, 0.15) is 5.82 Å². The van der Waals surface area contributed by atoms with E-state index in [1.165, 1.54) is 6.07 Å². The summed E-state index contributed by atoms with van der Waals surface area (Å²) < 4.78 is 0. The van der Waals surface area contributed by atoms with E-state index < -0.39 is 0 Å². The monoisotopic (exact) mass is 195 g/mol. The first-order valence-corrected chi connectivity index (χ1v) is 4.70. The van der Waals surface area contributed by atoms with Gasteiger partial charge in [-0.3, -0.25) is 4.79 Å². The number of aromatic amines is 1. The SMILES string of the molecule is CC(C)(C)Cc1nc(CN)cc(=O)[nH]1. The predicted octanol–water partition coefficient (Wildman–Crippen LogP) is 0.817. The van der Waals surface area contributed by atoms with Crippen LogP contribution in [0.15, 0.2) is 10.9 Å². The normalized spacial score (nSPS) is 11.7. The minimum absolute atomic E-state index is 0.114. The number of hydrogen-bond acceptors (Lipinski definition) is 3. The third-order valence-electron chi connectivity index (χ3n) is 1.75. The molecule has 0 unspecified atom stereocenters. The first-order chi connectivity index (χ1) is 6.40. The van der Waals surface area contributed by atoms with Crippen molar-refractivity contribution in [2.24, 2.45) is 11.1 Å². The first-order valence-electron chi connectivity index (χ1n) is 4.70. The molecule has 4 heteroatoms. The number of nitrogens with two attached hydrogens (primary N) is 1. The predicted molar refractivity (Wildman–Crippen MR) is 55.9 cm³/mol. The Morgan fingerprint density at radius 3 is 2.64 bits per heavy atom. The maximum atomic E-state index is 11.2. The molecule has 0 aliphatic carbocycles. The van der Waals surface area contributed by atoms with Crippen molar-refractivity contribution in [1.29, 1.82) is 0 Å². The van der Waals surface area contributed by atoms with Gasteiger partial charge in [-0.05, 0) is 5.41 Å². The van der Waals surface area contributed by atoms with Crippen molar-refractivity contribution in [3.63, 3.8) is 0 Å². The molecule has 1 aromatic rings. The van der Waals surface area contributed by atoms with E-state index in [0.29, 0.717) is 18.1 Å². The van der Waals surface area contributed by atoms with Crippen molar-refractivity contribution >= 4 is 0 Å². The molecule has 0 saturated carbocycles. The lowest BCUT2D eigenvalue weighted by molar-refractivity contribution is 0.399. The van der Waals surface area contributed by atoms with Crippen LogP contribution in [0.5, 0.6) is 0 Å². The third kappa shape index (κ3) is 3.30. The van der Waals surface area contributed by atoms with Crippen LogP contribution >= 0.6 is 0 Å². The Labute approximate surface area is 83.6 Å². The Morgan fingerprint density at radius 1 is 1.50 bits per heavy atom. The Hall–Kier alpha value is -1.16. The molecule has 0 bridgehead atoms. The van der Waals surface area contributed by atoms with Gasteiger partial charge >= 0.3 is 0 Å². The van der Waals surface area contributed by atoms with Gasteiger partial charge < -0.3 is 10.7 Å². The minimum atomic E-state index is -0.125. The van der Waals surface area contributed by atoms with Gasteiger partial charge in [-0.2, -0.15) is 0 Å². The maximum absolute atomic E-state index is 11.2. The van der Waals surface area contributed by atoms with Gasteiger partial charge in [0.15, 0.2) is 0 Å². The second kappa shape index (κ2) is 3.92. The summed E-state index contributed by atoms with van der Waals surface area (Å²) >= 11 is 0. The summed E-state index contributed by atoms with van der Waals surface area (Å²) in [5.41, 5.74) is 6.07. The smallest absolute Gasteiger partial charge is 0.251 e. The highest BCUT2D eigenvalue weighted by molar-refractivity contribution is 5.03.